The van der Waals surface area contributed by atoms with Gasteiger partial charge in [0.1, 0.15) is 35.3 Å². The lowest BCUT2D eigenvalue weighted by atomic mass is 10.1. The Labute approximate surface area is 237 Å². The number of nitrogens with zero attached hydrogens (tertiary/aromatic N) is 7. The molecule has 42 heavy (non-hydrogen) atoms. The van der Waals surface area contributed by atoms with E-state index in [0.29, 0.717) is 52.3 Å². The lowest BCUT2D eigenvalue weighted by Crippen LogP contribution is -2.17. The summed E-state index contributed by atoms with van der Waals surface area (Å²) >= 11 is 0. The zero-order valence-electron chi connectivity index (χ0n) is 22.3. The molecule has 6 heterocycles. The fourth-order valence-electron chi connectivity index (χ4n) is 4.68. The van der Waals surface area contributed by atoms with E-state index in [1.165, 1.54) is 18.6 Å². The van der Waals surface area contributed by atoms with Crippen LogP contribution in [-0.2, 0) is 10.9 Å². The van der Waals surface area contributed by atoms with E-state index < -0.39 is 17.8 Å². The number of carbonyl (C=O) groups excluding carboxylic acids is 1. The maximum atomic E-state index is 13.1. The Balaban J connectivity index is 1.28. The average molecular weight is 576 g/mol. The fraction of sp³-hybridized carbons (Fsp3) is 0.250. The number of halogens is 3. The number of hydrogen-bond donors (Lipinski definition) is 2. The van der Waals surface area contributed by atoms with E-state index in [-0.39, 0.29) is 17.5 Å². The van der Waals surface area contributed by atoms with Gasteiger partial charge in [-0.25, -0.2) is 19.9 Å². The van der Waals surface area contributed by atoms with Crippen LogP contribution in [0.1, 0.15) is 47.2 Å². The van der Waals surface area contributed by atoms with E-state index in [2.05, 4.69) is 40.5 Å². The molecular formula is C28H24F3N9O2. The third-order valence-corrected chi connectivity index (χ3v) is 6.80. The molecule has 14 heteroatoms. The van der Waals surface area contributed by atoms with Crippen molar-refractivity contribution in [3.63, 3.8) is 0 Å². The number of aromatic nitrogens is 7. The van der Waals surface area contributed by atoms with Crippen molar-refractivity contribution in [1.82, 2.24) is 34.5 Å². The van der Waals surface area contributed by atoms with Crippen molar-refractivity contribution in [3.05, 3.63) is 78.5 Å². The summed E-state index contributed by atoms with van der Waals surface area (Å²) in [6, 6.07) is 7.15. The lowest BCUT2D eigenvalue weighted by Gasteiger charge is -2.23. The van der Waals surface area contributed by atoms with Crippen LogP contribution in [0, 0.1) is 6.92 Å². The van der Waals surface area contributed by atoms with Crippen LogP contribution in [0.4, 0.5) is 30.4 Å². The van der Waals surface area contributed by atoms with Gasteiger partial charge in [-0.1, -0.05) is 0 Å². The van der Waals surface area contributed by atoms with Gasteiger partial charge in [0.15, 0.2) is 5.65 Å². The number of hydrogen-bond acceptors (Lipinski definition) is 9. The number of anilines is 3. The smallest absolute Gasteiger partial charge is 0.358 e. The number of imidazole rings is 1. The topological polar surface area (TPSA) is 133 Å². The molecular weight excluding hydrogens is 551 g/mol. The second-order valence-corrected chi connectivity index (χ2v) is 9.63. The summed E-state index contributed by atoms with van der Waals surface area (Å²) in [5.74, 6) is -0.280. The van der Waals surface area contributed by atoms with E-state index in [1.807, 2.05) is 10.6 Å². The Kier molecular flexibility index (Phi) is 7.20. The molecule has 0 spiro atoms. The summed E-state index contributed by atoms with van der Waals surface area (Å²) in [5.41, 5.74) is 2.50. The number of fused-ring (bicyclic) bond motifs is 1. The fourth-order valence-corrected chi connectivity index (χ4v) is 4.68. The van der Waals surface area contributed by atoms with Crippen LogP contribution >= 0.6 is 0 Å². The number of amides is 1. The first kappa shape index (κ1) is 27.2. The number of ether oxygens (including phenoxy) is 1. The third-order valence-electron chi connectivity index (χ3n) is 6.80. The van der Waals surface area contributed by atoms with Crippen LogP contribution in [0.25, 0.3) is 22.4 Å². The molecule has 2 N–H and O–H groups in total. The minimum Gasteiger partial charge on any atom is -0.358 e. The molecule has 0 aromatic carbocycles. The number of aryl methyl sites for hydroxylation is 1. The highest BCUT2D eigenvalue weighted by Gasteiger charge is 2.33. The molecule has 214 valence electrons. The van der Waals surface area contributed by atoms with Crippen molar-refractivity contribution < 1.29 is 22.7 Å². The number of alkyl halides is 3. The molecule has 1 aliphatic heterocycles. The number of carbonyl (C=O) groups is 1. The summed E-state index contributed by atoms with van der Waals surface area (Å²) < 4.78 is 47.0. The van der Waals surface area contributed by atoms with Gasteiger partial charge in [0.05, 0.1) is 29.6 Å². The van der Waals surface area contributed by atoms with Gasteiger partial charge in [0.2, 0.25) is 0 Å². The zero-order valence-corrected chi connectivity index (χ0v) is 22.3. The first-order chi connectivity index (χ1) is 20.3. The highest BCUT2D eigenvalue weighted by atomic mass is 19.4. The highest BCUT2D eigenvalue weighted by molar-refractivity contribution is 6.04. The maximum absolute atomic E-state index is 13.1. The van der Waals surface area contributed by atoms with Gasteiger partial charge >= 0.3 is 6.18 Å². The Morgan fingerprint density at radius 1 is 1.05 bits per heavy atom. The first-order valence-electron chi connectivity index (χ1n) is 13.1. The molecule has 1 amide bonds. The average Bonchev–Trinajstić information content (AvgIpc) is 3.44. The van der Waals surface area contributed by atoms with Gasteiger partial charge < -0.3 is 15.4 Å². The first-order valence-corrected chi connectivity index (χ1v) is 13.1. The largest absolute Gasteiger partial charge is 0.433 e. The molecule has 1 saturated heterocycles. The van der Waals surface area contributed by atoms with E-state index in [9.17, 15) is 18.0 Å². The van der Waals surface area contributed by atoms with Crippen LogP contribution in [0.15, 0.2) is 61.6 Å². The van der Waals surface area contributed by atoms with Crippen molar-refractivity contribution in [3.8, 4) is 11.3 Å². The molecule has 1 atom stereocenters. The summed E-state index contributed by atoms with van der Waals surface area (Å²) in [6.07, 6.45) is 5.30. The molecule has 6 rings (SSSR count). The van der Waals surface area contributed by atoms with Crippen molar-refractivity contribution in [2.75, 3.05) is 17.2 Å². The van der Waals surface area contributed by atoms with Crippen LogP contribution in [0.2, 0.25) is 0 Å². The molecule has 11 nitrogen and oxygen atoms in total. The van der Waals surface area contributed by atoms with Gasteiger partial charge in [-0.2, -0.15) is 13.2 Å². The number of pyridine rings is 3. The molecule has 0 radical (unpaired) electrons. The maximum Gasteiger partial charge on any atom is 0.433 e. The van der Waals surface area contributed by atoms with Crippen LogP contribution in [-0.4, -0.2) is 47.0 Å². The van der Waals surface area contributed by atoms with Gasteiger partial charge in [0, 0.05) is 30.1 Å². The van der Waals surface area contributed by atoms with E-state index >= 15 is 0 Å². The summed E-state index contributed by atoms with van der Waals surface area (Å²) in [6.45, 7) is 2.45. The Morgan fingerprint density at radius 3 is 2.74 bits per heavy atom. The van der Waals surface area contributed by atoms with Crippen molar-refractivity contribution in [1.29, 1.82) is 0 Å². The Hall–Kier alpha value is -4.98. The predicted octanol–water partition coefficient (Wildman–Crippen LogP) is 5.70. The quantitative estimate of drug-likeness (QED) is 0.262. The molecule has 5 aromatic rings. The van der Waals surface area contributed by atoms with Crippen molar-refractivity contribution >= 4 is 34.3 Å². The van der Waals surface area contributed by atoms with Gasteiger partial charge in [-0.05, 0) is 56.5 Å². The molecule has 0 bridgehead atoms. The van der Waals surface area contributed by atoms with Crippen molar-refractivity contribution in [2.45, 2.75) is 38.6 Å². The molecule has 1 unspecified atom stereocenters. The molecule has 1 fully saturated rings. The second kappa shape index (κ2) is 11.1. The predicted molar refractivity (Wildman–Crippen MR) is 147 cm³/mol. The van der Waals surface area contributed by atoms with E-state index in [4.69, 9.17) is 4.74 Å². The van der Waals surface area contributed by atoms with Gasteiger partial charge in [0.25, 0.3) is 5.91 Å². The van der Waals surface area contributed by atoms with E-state index in [1.54, 1.807) is 31.6 Å². The molecule has 5 aromatic heterocycles. The van der Waals surface area contributed by atoms with Crippen molar-refractivity contribution in [2.24, 2.45) is 0 Å². The van der Waals surface area contributed by atoms with Gasteiger partial charge in [-0.15, -0.1) is 0 Å². The van der Waals surface area contributed by atoms with Crippen LogP contribution in [0.5, 0.6) is 0 Å². The summed E-state index contributed by atoms with van der Waals surface area (Å²) in [5, 5.41) is 5.85. The minimum atomic E-state index is -4.67. The Morgan fingerprint density at radius 2 is 1.93 bits per heavy atom. The summed E-state index contributed by atoms with van der Waals surface area (Å²) in [4.78, 5) is 38.4. The SMILES string of the molecule is Cc1ncc(NC(=O)c2ccnc(C(F)(F)F)c2)cc1Nc1ncccc1-c1ncnc2c1ncn2C1CCCCO1. The summed E-state index contributed by atoms with van der Waals surface area (Å²) in [7, 11) is 0. The monoisotopic (exact) mass is 575 g/mol. The van der Waals surface area contributed by atoms with Crippen LogP contribution in [0.3, 0.4) is 0 Å². The standard InChI is InChI=1S/C28H24F3N9O2/c1-16-20(12-18(13-34-16)38-27(41)17-7-9-32-21(11-17)28(29,30)31)39-25-19(5-4-8-33-25)23-24-26(36-14-35-23)40(15-37-24)22-6-2-3-10-42-22/h4-5,7-9,11-15,22H,2-3,6,10H2,1H3,(H,33,39)(H,38,41). The number of rotatable bonds is 6. The highest BCUT2D eigenvalue weighted by Crippen LogP contribution is 2.34. The minimum absolute atomic E-state index is 0.142. The third kappa shape index (κ3) is 5.48. The normalized spacial score (nSPS) is 15.5. The van der Waals surface area contributed by atoms with E-state index in [0.717, 1.165) is 25.5 Å². The van der Waals surface area contributed by atoms with Crippen LogP contribution < -0.4 is 10.6 Å². The number of nitrogens with one attached hydrogen (secondary N) is 2. The molecule has 0 saturated carbocycles. The van der Waals surface area contributed by atoms with Gasteiger partial charge in [-0.3, -0.25) is 19.3 Å². The lowest BCUT2D eigenvalue weighted by molar-refractivity contribution is -0.141. The Bertz CT molecular complexity index is 1770. The zero-order chi connectivity index (χ0) is 29.3. The molecule has 0 aliphatic carbocycles. The second-order valence-electron chi connectivity index (χ2n) is 9.63. The molecule has 1 aliphatic rings.